The van der Waals surface area contributed by atoms with Crippen molar-refractivity contribution in [2.24, 2.45) is 7.05 Å². The molecule has 3 aromatic heterocycles. The van der Waals surface area contributed by atoms with Crippen LogP contribution in [0.1, 0.15) is 17.8 Å². The van der Waals surface area contributed by atoms with Crippen molar-refractivity contribution >= 4 is 16.9 Å². The lowest BCUT2D eigenvalue weighted by molar-refractivity contribution is 0.577. The molecular weight excluding hydrogens is 328 g/mol. The fourth-order valence-corrected chi connectivity index (χ4v) is 3.56. The smallest absolute Gasteiger partial charge is 0.168 e. The lowest BCUT2D eigenvalue weighted by Crippen LogP contribution is -2.28. The molecule has 26 heavy (non-hydrogen) atoms. The minimum absolute atomic E-state index is 0.275. The molecule has 5 rings (SSSR count). The van der Waals surface area contributed by atoms with Crippen molar-refractivity contribution in [1.82, 2.24) is 34.7 Å². The summed E-state index contributed by atoms with van der Waals surface area (Å²) in [6.45, 7) is 0. The van der Waals surface area contributed by atoms with Gasteiger partial charge in [0.05, 0.1) is 28.7 Å². The first-order valence-electron chi connectivity index (χ1n) is 8.68. The Morgan fingerprint density at radius 2 is 2.04 bits per heavy atom. The predicted octanol–water partition coefficient (Wildman–Crippen LogP) is 1.91. The van der Waals surface area contributed by atoms with Crippen molar-refractivity contribution in [3.8, 4) is 5.69 Å². The summed E-state index contributed by atoms with van der Waals surface area (Å²) >= 11 is 0. The molecule has 1 atom stereocenters. The molecule has 0 fully saturated rings. The van der Waals surface area contributed by atoms with Crippen molar-refractivity contribution in [2.75, 3.05) is 5.32 Å². The summed E-state index contributed by atoms with van der Waals surface area (Å²) in [6.07, 6.45) is 6.24. The second kappa shape index (κ2) is 5.91. The molecular formula is C18H18N8. The molecule has 8 heteroatoms. The first-order chi connectivity index (χ1) is 12.8. The Kier molecular flexibility index (Phi) is 3.41. The SMILES string of the molecule is Cn1nnc2c1CCC(Nc1ncnc3c1cnn3-c1ccccc1)C2. The Bertz CT molecular complexity index is 1070. The Morgan fingerprint density at radius 1 is 1.15 bits per heavy atom. The average Bonchev–Trinajstić information content (AvgIpc) is 3.27. The van der Waals surface area contributed by atoms with Gasteiger partial charge in [-0.05, 0) is 25.0 Å². The normalized spacial score (nSPS) is 16.6. The van der Waals surface area contributed by atoms with Crippen LogP contribution in [0.25, 0.3) is 16.7 Å². The van der Waals surface area contributed by atoms with Crippen LogP contribution in [0.3, 0.4) is 0 Å². The Labute approximate surface area is 149 Å². The highest BCUT2D eigenvalue weighted by Gasteiger charge is 2.24. The molecule has 3 heterocycles. The highest BCUT2D eigenvalue weighted by molar-refractivity contribution is 5.87. The number of nitrogens with zero attached hydrogens (tertiary/aromatic N) is 7. The van der Waals surface area contributed by atoms with Gasteiger partial charge in [0.25, 0.3) is 0 Å². The zero-order valence-corrected chi connectivity index (χ0v) is 14.4. The number of para-hydroxylation sites is 1. The average molecular weight is 346 g/mol. The minimum atomic E-state index is 0.275. The van der Waals surface area contributed by atoms with Crippen LogP contribution in [0, 0.1) is 0 Å². The summed E-state index contributed by atoms with van der Waals surface area (Å²) in [7, 11) is 1.95. The Balaban J connectivity index is 1.46. The first-order valence-corrected chi connectivity index (χ1v) is 8.68. The van der Waals surface area contributed by atoms with Gasteiger partial charge in [-0.15, -0.1) is 5.10 Å². The van der Waals surface area contributed by atoms with Gasteiger partial charge >= 0.3 is 0 Å². The number of nitrogens with one attached hydrogen (secondary N) is 1. The molecule has 1 aromatic carbocycles. The largest absolute Gasteiger partial charge is 0.366 e. The molecule has 0 bridgehead atoms. The van der Waals surface area contributed by atoms with Crippen molar-refractivity contribution in [3.63, 3.8) is 0 Å². The van der Waals surface area contributed by atoms with Gasteiger partial charge in [-0.1, -0.05) is 23.4 Å². The second-order valence-corrected chi connectivity index (χ2v) is 6.54. The third kappa shape index (κ3) is 2.42. The first kappa shape index (κ1) is 15.0. The van der Waals surface area contributed by atoms with Crippen LogP contribution in [-0.4, -0.2) is 40.8 Å². The number of aromatic nitrogens is 7. The van der Waals surface area contributed by atoms with Gasteiger partial charge in [0, 0.05) is 19.5 Å². The van der Waals surface area contributed by atoms with Gasteiger partial charge in [0.2, 0.25) is 0 Å². The number of benzene rings is 1. The standard InChI is InChI=1S/C18H18N8/c1-25-16-8-7-12(9-15(16)23-24-25)22-17-14-10-21-26(18(14)20-11-19-17)13-5-3-2-4-6-13/h2-6,10-12H,7-9H2,1H3,(H,19,20,22). The van der Waals surface area contributed by atoms with E-state index >= 15 is 0 Å². The van der Waals surface area contributed by atoms with E-state index in [1.54, 1.807) is 6.33 Å². The summed E-state index contributed by atoms with van der Waals surface area (Å²) in [6, 6.07) is 10.3. The van der Waals surface area contributed by atoms with Gasteiger partial charge in [-0.25, -0.2) is 14.6 Å². The molecule has 8 nitrogen and oxygen atoms in total. The van der Waals surface area contributed by atoms with E-state index in [9.17, 15) is 0 Å². The highest BCUT2D eigenvalue weighted by atomic mass is 15.4. The van der Waals surface area contributed by atoms with Crippen LogP contribution in [0.5, 0.6) is 0 Å². The summed E-state index contributed by atoms with van der Waals surface area (Å²) in [5, 5.41) is 17.4. The maximum atomic E-state index is 4.51. The molecule has 0 saturated carbocycles. The van der Waals surface area contributed by atoms with E-state index in [-0.39, 0.29) is 6.04 Å². The van der Waals surface area contributed by atoms with E-state index < -0.39 is 0 Å². The van der Waals surface area contributed by atoms with Crippen LogP contribution >= 0.6 is 0 Å². The molecule has 1 aliphatic rings. The zero-order chi connectivity index (χ0) is 17.5. The van der Waals surface area contributed by atoms with Crippen molar-refractivity contribution in [1.29, 1.82) is 0 Å². The molecule has 0 radical (unpaired) electrons. The number of anilines is 1. The van der Waals surface area contributed by atoms with Crippen molar-refractivity contribution in [3.05, 3.63) is 54.2 Å². The third-order valence-corrected chi connectivity index (χ3v) is 4.90. The van der Waals surface area contributed by atoms with E-state index in [1.807, 2.05) is 52.9 Å². The Hall–Kier alpha value is -3.29. The molecule has 130 valence electrons. The molecule has 0 saturated heterocycles. The monoisotopic (exact) mass is 346 g/mol. The van der Waals surface area contributed by atoms with Crippen LogP contribution in [-0.2, 0) is 19.9 Å². The van der Waals surface area contributed by atoms with Crippen LogP contribution < -0.4 is 5.32 Å². The topological polar surface area (TPSA) is 86.3 Å². The van der Waals surface area contributed by atoms with Gasteiger partial charge < -0.3 is 5.32 Å². The van der Waals surface area contributed by atoms with Gasteiger partial charge in [-0.3, -0.25) is 4.68 Å². The molecule has 0 spiro atoms. The molecule has 1 unspecified atom stereocenters. The fourth-order valence-electron chi connectivity index (χ4n) is 3.56. The maximum Gasteiger partial charge on any atom is 0.168 e. The van der Waals surface area contributed by atoms with Crippen molar-refractivity contribution < 1.29 is 0 Å². The molecule has 0 amide bonds. The van der Waals surface area contributed by atoms with Gasteiger partial charge in [-0.2, -0.15) is 5.10 Å². The summed E-state index contributed by atoms with van der Waals surface area (Å²) in [5.74, 6) is 0.814. The number of aryl methyl sites for hydroxylation is 1. The number of hydrogen-bond acceptors (Lipinski definition) is 6. The number of hydrogen-bond donors (Lipinski definition) is 1. The minimum Gasteiger partial charge on any atom is -0.366 e. The predicted molar refractivity (Wildman–Crippen MR) is 97.1 cm³/mol. The number of rotatable bonds is 3. The zero-order valence-electron chi connectivity index (χ0n) is 14.4. The molecule has 1 aliphatic carbocycles. The van der Waals surface area contributed by atoms with Crippen molar-refractivity contribution in [2.45, 2.75) is 25.3 Å². The molecule has 4 aromatic rings. The Morgan fingerprint density at radius 3 is 2.92 bits per heavy atom. The summed E-state index contributed by atoms with van der Waals surface area (Å²) < 4.78 is 3.71. The lowest BCUT2D eigenvalue weighted by Gasteiger charge is -2.23. The molecule has 0 aliphatic heterocycles. The maximum absolute atomic E-state index is 4.51. The van der Waals surface area contributed by atoms with Crippen LogP contribution in [0.4, 0.5) is 5.82 Å². The van der Waals surface area contributed by atoms with Gasteiger partial charge in [0.1, 0.15) is 12.1 Å². The van der Waals surface area contributed by atoms with Crippen LogP contribution in [0.15, 0.2) is 42.9 Å². The summed E-state index contributed by atoms with van der Waals surface area (Å²) in [4.78, 5) is 8.89. The lowest BCUT2D eigenvalue weighted by atomic mass is 9.96. The second-order valence-electron chi connectivity index (χ2n) is 6.54. The van der Waals surface area contributed by atoms with E-state index in [0.717, 1.165) is 47.5 Å². The van der Waals surface area contributed by atoms with Crippen LogP contribution in [0.2, 0.25) is 0 Å². The third-order valence-electron chi connectivity index (χ3n) is 4.90. The van der Waals surface area contributed by atoms with E-state index in [4.69, 9.17) is 0 Å². The van der Waals surface area contributed by atoms with E-state index in [2.05, 4.69) is 30.7 Å². The molecule has 1 N–H and O–H groups in total. The highest BCUT2D eigenvalue weighted by Crippen LogP contribution is 2.25. The van der Waals surface area contributed by atoms with Gasteiger partial charge in [0.15, 0.2) is 5.65 Å². The van der Waals surface area contributed by atoms with E-state index in [1.165, 1.54) is 5.69 Å². The summed E-state index contributed by atoms with van der Waals surface area (Å²) in [5.41, 5.74) is 4.08. The number of fused-ring (bicyclic) bond motifs is 2. The van der Waals surface area contributed by atoms with E-state index in [0.29, 0.717) is 0 Å². The fraction of sp³-hybridized carbons (Fsp3) is 0.278. The quantitative estimate of drug-likeness (QED) is 0.610.